The molecule has 1 aromatic rings. The standard InChI is InChI=1S/C18H25N3O3/c1-13-7-9-15(10-8-13)14(2)20(4)16(22)6-5-11-21-17(23)12-19(3)18(21)24/h7-10,14H,5-6,11-12H2,1-4H3. The molecule has 4 amide bonds. The van der Waals surface area contributed by atoms with Gasteiger partial charge in [0, 0.05) is 27.1 Å². The van der Waals surface area contributed by atoms with E-state index in [1.165, 1.54) is 15.4 Å². The minimum atomic E-state index is -0.283. The summed E-state index contributed by atoms with van der Waals surface area (Å²) in [4.78, 5) is 40.1. The summed E-state index contributed by atoms with van der Waals surface area (Å²) in [7, 11) is 3.38. The molecular weight excluding hydrogens is 306 g/mol. The van der Waals surface area contributed by atoms with E-state index in [1.54, 1.807) is 19.0 Å². The van der Waals surface area contributed by atoms with Gasteiger partial charge in [0.05, 0.1) is 6.04 Å². The van der Waals surface area contributed by atoms with Crippen LogP contribution in [0, 0.1) is 6.92 Å². The first-order valence-electron chi connectivity index (χ1n) is 8.19. The van der Waals surface area contributed by atoms with Gasteiger partial charge >= 0.3 is 6.03 Å². The summed E-state index contributed by atoms with van der Waals surface area (Å²) in [6.45, 7) is 4.43. The number of carbonyl (C=O) groups is 3. The second kappa shape index (κ2) is 7.47. The molecule has 1 saturated heterocycles. The fourth-order valence-corrected chi connectivity index (χ4v) is 2.74. The Hall–Kier alpha value is -2.37. The van der Waals surface area contributed by atoms with E-state index >= 15 is 0 Å². The van der Waals surface area contributed by atoms with Gasteiger partial charge in [0.15, 0.2) is 0 Å². The molecule has 0 aromatic heterocycles. The van der Waals surface area contributed by atoms with Gasteiger partial charge in [-0.1, -0.05) is 29.8 Å². The third-order valence-electron chi connectivity index (χ3n) is 4.54. The lowest BCUT2D eigenvalue weighted by molar-refractivity contribution is -0.132. The number of aryl methyl sites for hydroxylation is 1. The van der Waals surface area contributed by atoms with Gasteiger partial charge in [-0.25, -0.2) is 4.79 Å². The van der Waals surface area contributed by atoms with E-state index in [0.29, 0.717) is 19.4 Å². The monoisotopic (exact) mass is 331 g/mol. The molecule has 0 N–H and O–H groups in total. The van der Waals surface area contributed by atoms with Crippen LogP contribution in [0.1, 0.15) is 36.9 Å². The number of nitrogens with zero attached hydrogens (tertiary/aromatic N) is 3. The average Bonchev–Trinajstić information content (AvgIpc) is 2.80. The number of benzene rings is 1. The van der Waals surface area contributed by atoms with Gasteiger partial charge in [0.1, 0.15) is 6.54 Å². The fraction of sp³-hybridized carbons (Fsp3) is 0.500. The van der Waals surface area contributed by atoms with Crippen molar-refractivity contribution in [1.29, 1.82) is 0 Å². The number of hydrogen-bond acceptors (Lipinski definition) is 3. The van der Waals surface area contributed by atoms with Crippen LogP contribution in [0.25, 0.3) is 0 Å². The third-order valence-corrected chi connectivity index (χ3v) is 4.54. The smallest absolute Gasteiger partial charge is 0.326 e. The second-order valence-electron chi connectivity index (χ2n) is 6.38. The van der Waals surface area contributed by atoms with Crippen molar-refractivity contribution < 1.29 is 14.4 Å². The van der Waals surface area contributed by atoms with Gasteiger partial charge < -0.3 is 9.80 Å². The lowest BCUT2D eigenvalue weighted by atomic mass is 10.1. The zero-order chi connectivity index (χ0) is 17.9. The number of likely N-dealkylation sites (N-methyl/N-ethyl adjacent to an activating group) is 1. The van der Waals surface area contributed by atoms with E-state index in [2.05, 4.69) is 0 Å². The SMILES string of the molecule is Cc1ccc(C(C)N(C)C(=O)CCCN2C(=O)CN(C)C2=O)cc1. The predicted octanol–water partition coefficient (Wildman–Crippen LogP) is 2.19. The molecule has 1 atom stereocenters. The number of hydrogen-bond donors (Lipinski definition) is 0. The summed E-state index contributed by atoms with van der Waals surface area (Å²) in [6.07, 6.45) is 0.794. The third kappa shape index (κ3) is 3.93. The molecule has 0 aliphatic carbocycles. The molecular formula is C18H25N3O3. The highest BCUT2D eigenvalue weighted by atomic mass is 16.2. The topological polar surface area (TPSA) is 60.9 Å². The number of imide groups is 1. The second-order valence-corrected chi connectivity index (χ2v) is 6.38. The Morgan fingerprint density at radius 1 is 1.25 bits per heavy atom. The highest BCUT2D eigenvalue weighted by molar-refractivity contribution is 6.01. The van der Waals surface area contributed by atoms with Crippen molar-refractivity contribution in [2.75, 3.05) is 27.2 Å². The molecule has 0 radical (unpaired) electrons. The molecule has 6 heteroatoms. The maximum Gasteiger partial charge on any atom is 0.326 e. The Morgan fingerprint density at radius 2 is 1.88 bits per heavy atom. The average molecular weight is 331 g/mol. The number of carbonyl (C=O) groups excluding carboxylic acids is 3. The first-order valence-corrected chi connectivity index (χ1v) is 8.19. The summed E-state index contributed by atoms with van der Waals surface area (Å²) >= 11 is 0. The maximum atomic E-state index is 12.4. The van der Waals surface area contributed by atoms with Gasteiger partial charge in [-0.2, -0.15) is 0 Å². The van der Waals surface area contributed by atoms with Crippen LogP contribution in [0.2, 0.25) is 0 Å². The number of amides is 4. The fourth-order valence-electron chi connectivity index (χ4n) is 2.74. The van der Waals surface area contributed by atoms with Crippen LogP contribution >= 0.6 is 0 Å². The Labute approximate surface area is 143 Å². The maximum absolute atomic E-state index is 12.4. The van der Waals surface area contributed by atoms with Gasteiger partial charge in [-0.05, 0) is 25.8 Å². The minimum Gasteiger partial charge on any atom is -0.339 e. The molecule has 0 spiro atoms. The highest BCUT2D eigenvalue weighted by Crippen LogP contribution is 2.20. The van der Waals surface area contributed by atoms with Crippen molar-refractivity contribution in [2.24, 2.45) is 0 Å². The Balaban J connectivity index is 1.84. The van der Waals surface area contributed by atoms with E-state index in [9.17, 15) is 14.4 Å². The van der Waals surface area contributed by atoms with E-state index in [0.717, 1.165) is 5.56 Å². The van der Waals surface area contributed by atoms with E-state index in [1.807, 2.05) is 38.1 Å². The Kier molecular flexibility index (Phi) is 5.59. The molecule has 1 fully saturated rings. The van der Waals surface area contributed by atoms with Crippen molar-refractivity contribution in [2.45, 2.75) is 32.7 Å². The van der Waals surface area contributed by atoms with Gasteiger partial charge in [0.25, 0.3) is 0 Å². The Bertz CT molecular complexity index is 627. The molecule has 1 aliphatic rings. The number of rotatable bonds is 6. The lowest BCUT2D eigenvalue weighted by Crippen LogP contribution is -2.34. The molecule has 130 valence electrons. The molecule has 1 aromatic carbocycles. The van der Waals surface area contributed by atoms with Crippen molar-refractivity contribution in [3.8, 4) is 0 Å². The van der Waals surface area contributed by atoms with Crippen LogP contribution in [0.15, 0.2) is 24.3 Å². The van der Waals surface area contributed by atoms with Crippen LogP contribution in [-0.4, -0.2) is 59.7 Å². The molecule has 1 unspecified atom stereocenters. The minimum absolute atomic E-state index is 0.00974. The van der Waals surface area contributed by atoms with Crippen LogP contribution in [0.3, 0.4) is 0 Å². The largest absolute Gasteiger partial charge is 0.339 e. The summed E-state index contributed by atoms with van der Waals surface area (Å²) in [5.41, 5.74) is 2.27. The summed E-state index contributed by atoms with van der Waals surface area (Å²) in [5.74, 6) is -0.188. The summed E-state index contributed by atoms with van der Waals surface area (Å²) in [5, 5.41) is 0. The van der Waals surface area contributed by atoms with Gasteiger partial charge in [0.2, 0.25) is 11.8 Å². The molecule has 6 nitrogen and oxygen atoms in total. The first-order chi connectivity index (χ1) is 11.3. The molecule has 0 saturated carbocycles. The van der Waals surface area contributed by atoms with E-state index in [4.69, 9.17) is 0 Å². The predicted molar refractivity (Wildman–Crippen MR) is 91.3 cm³/mol. The molecule has 0 bridgehead atoms. The van der Waals surface area contributed by atoms with E-state index < -0.39 is 0 Å². The highest BCUT2D eigenvalue weighted by Gasteiger charge is 2.33. The van der Waals surface area contributed by atoms with Crippen molar-refractivity contribution >= 4 is 17.8 Å². The lowest BCUT2D eigenvalue weighted by Gasteiger charge is -2.26. The van der Waals surface area contributed by atoms with Gasteiger partial charge in [-0.15, -0.1) is 0 Å². The van der Waals surface area contributed by atoms with Crippen molar-refractivity contribution in [3.63, 3.8) is 0 Å². The first kappa shape index (κ1) is 18.0. The van der Waals surface area contributed by atoms with Crippen LogP contribution in [-0.2, 0) is 9.59 Å². The molecule has 2 rings (SSSR count). The quantitative estimate of drug-likeness (QED) is 0.751. The van der Waals surface area contributed by atoms with Crippen LogP contribution < -0.4 is 0 Å². The molecule has 1 heterocycles. The van der Waals surface area contributed by atoms with E-state index in [-0.39, 0.29) is 30.4 Å². The Morgan fingerprint density at radius 3 is 2.42 bits per heavy atom. The van der Waals surface area contributed by atoms with Gasteiger partial charge in [-0.3, -0.25) is 14.5 Å². The molecule has 1 aliphatic heterocycles. The zero-order valence-corrected chi connectivity index (χ0v) is 14.8. The van der Waals surface area contributed by atoms with Crippen molar-refractivity contribution in [1.82, 2.24) is 14.7 Å². The summed E-state index contributed by atoms with van der Waals surface area (Å²) in [6, 6.07) is 7.83. The van der Waals surface area contributed by atoms with Crippen LogP contribution in [0.5, 0.6) is 0 Å². The summed E-state index contributed by atoms with van der Waals surface area (Å²) < 4.78 is 0. The zero-order valence-electron chi connectivity index (χ0n) is 14.8. The van der Waals surface area contributed by atoms with Crippen LogP contribution in [0.4, 0.5) is 4.79 Å². The number of urea groups is 1. The van der Waals surface area contributed by atoms with Crippen molar-refractivity contribution in [3.05, 3.63) is 35.4 Å². The molecule has 24 heavy (non-hydrogen) atoms. The normalized spacial score (nSPS) is 15.8.